The Morgan fingerprint density at radius 2 is 1.94 bits per heavy atom. The van der Waals surface area contributed by atoms with Gasteiger partial charge in [-0.25, -0.2) is 0 Å². The second-order valence-corrected chi connectivity index (χ2v) is 8.88. The number of benzene rings is 2. The first kappa shape index (κ1) is 23.0. The van der Waals surface area contributed by atoms with Crippen LogP contribution < -0.4 is 10.1 Å². The number of carbonyl (C=O) groups excluding carboxylic acids is 1. The smallest absolute Gasteiger partial charge is 0.227 e. The van der Waals surface area contributed by atoms with Gasteiger partial charge in [0.05, 0.1) is 12.5 Å². The first-order chi connectivity index (χ1) is 16.1. The van der Waals surface area contributed by atoms with Gasteiger partial charge < -0.3 is 10.1 Å². The molecule has 0 radical (unpaired) electrons. The van der Waals surface area contributed by atoms with Gasteiger partial charge in [0.15, 0.2) is 0 Å². The van der Waals surface area contributed by atoms with Gasteiger partial charge in [0.25, 0.3) is 0 Å². The third kappa shape index (κ3) is 5.42. The van der Waals surface area contributed by atoms with E-state index in [0.29, 0.717) is 13.0 Å². The average Bonchev–Trinajstić information content (AvgIpc) is 2.86. The molecule has 2 heterocycles. The number of hydrogen-bond acceptors (Lipinski definition) is 4. The number of rotatable bonds is 8. The second kappa shape index (κ2) is 10.6. The van der Waals surface area contributed by atoms with Gasteiger partial charge >= 0.3 is 0 Å². The van der Waals surface area contributed by atoms with Crippen LogP contribution in [0.1, 0.15) is 30.9 Å². The third-order valence-corrected chi connectivity index (χ3v) is 6.56. The van der Waals surface area contributed by atoms with E-state index in [4.69, 9.17) is 4.74 Å². The monoisotopic (exact) mass is 443 g/mol. The van der Waals surface area contributed by atoms with Crippen molar-refractivity contribution in [2.75, 3.05) is 26.7 Å². The molecule has 1 aliphatic rings. The molecule has 5 nitrogen and oxygen atoms in total. The maximum Gasteiger partial charge on any atom is 0.227 e. The summed E-state index contributed by atoms with van der Waals surface area (Å²) in [6, 6.07) is 20.7. The van der Waals surface area contributed by atoms with Crippen molar-refractivity contribution in [1.29, 1.82) is 0 Å². The van der Waals surface area contributed by atoms with Crippen LogP contribution in [0.3, 0.4) is 0 Å². The topological polar surface area (TPSA) is 54.5 Å². The van der Waals surface area contributed by atoms with E-state index in [1.54, 1.807) is 13.3 Å². The molecule has 0 aliphatic carbocycles. The van der Waals surface area contributed by atoms with Crippen molar-refractivity contribution < 1.29 is 9.53 Å². The van der Waals surface area contributed by atoms with Gasteiger partial charge in [0.2, 0.25) is 5.91 Å². The van der Waals surface area contributed by atoms with Gasteiger partial charge in [-0.15, -0.1) is 0 Å². The van der Waals surface area contributed by atoms with Crippen molar-refractivity contribution in [2.24, 2.45) is 5.41 Å². The van der Waals surface area contributed by atoms with Crippen LogP contribution in [0, 0.1) is 5.41 Å². The number of ether oxygens (including phenoxy) is 1. The lowest BCUT2D eigenvalue weighted by atomic mass is 9.73. The number of likely N-dealkylation sites (tertiary alicyclic amines) is 1. The molecule has 1 aliphatic heterocycles. The summed E-state index contributed by atoms with van der Waals surface area (Å²) in [4.78, 5) is 20.2. The van der Waals surface area contributed by atoms with E-state index >= 15 is 0 Å². The third-order valence-electron chi connectivity index (χ3n) is 6.56. The number of nitrogens with one attached hydrogen (secondary N) is 1. The lowest BCUT2D eigenvalue weighted by molar-refractivity contribution is -0.134. The number of pyridine rings is 1. The Kier molecular flexibility index (Phi) is 7.40. The van der Waals surface area contributed by atoms with Crippen molar-refractivity contribution in [1.82, 2.24) is 15.2 Å². The molecule has 0 bridgehead atoms. The molecule has 1 N–H and O–H groups in total. The highest BCUT2D eigenvalue weighted by Crippen LogP contribution is 2.37. The molecule has 4 rings (SSSR count). The zero-order valence-corrected chi connectivity index (χ0v) is 19.6. The largest absolute Gasteiger partial charge is 0.497 e. The maximum absolute atomic E-state index is 13.5. The summed E-state index contributed by atoms with van der Waals surface area (Å²) in [5.74, 6) is 1.02. The molecule has 1 saturated heterocycles. The van der Waals surface area contributed by atoms with Crippen LogP contribution in [-0.4, -0.2) is 42.5 Å². The summed E-state index contributed by atoms with van der Waals surface area (Å²) in [5, 5.41) is 3.14. The standard InChI is InChI=1S/C28H33N3O2/c1-3-30-27(32)28(18-23-8-4-5-10-26(23)24-9-6-16-29-19-24)15-7-17-31(21-28)20-22-11-13-25(33-2)14-12-22/h4-6,8-14,16,19H,3,7,15,17-18,20-21H2,1-2H3,(H,30,32)/t28-/m0/s1. The van der Waals surface area contributed by atoms with Crippen molar-refractivity contribution in [2.45, 2.75) is 32.7 Å². The predicted molar refractivity (Wildman–Crippen MR) is 132 cm³/mol. The minimum absolute atomic E-state index is 0.158. The number of carbonyl (C=O) groups is 1. The van der Waals surface area contributed by atoms with Crippen LogP contribution in [0.15, 0.2) is 73.1 Å². The molecule has 0 unspecified atom stereocenters. The zero-order chi connectivity index (χ0) is 23.1. The average molecular weight is 444 g/mol. The SMILES string of the molecule is CCNC(=O)[C@]1(Cc2ccccc2-c2cccnc2)CCCN(Cc2ccc(OC)cc2)C1. The molecule has 0 saturated carbocycles. The maximum atomic E-state index is 13.5. The fourth-order valence-electron chi connectivity index (χ4n) is 4.95. The van der Waals surface area contributed by atoms with E-state index in [1.807, 2.05) is 31.3 Å². The Balaban J connectivity index is 1.61. The molecular weight excluding hydrogens is 410 g/mol. The summed E-state index contributed by atoms with van der Waals surface area (Å²) < 4.78 is 5.29. The summed E-state index contributed by atoms with van der Waals surface area (Å²) in [6.07, 6.45) is 6.29. The molecule has 172 valence electrons. The van der Waals surface area contributed by atoms with Crippen molar-refractivity contribution >= 4 is 5.91 Å². The van der Waals surface area contributed by atoms with Crippen molar-refractivity contribution in [3.63, 3.8) is 0 Å². The van der Waals surface area contributed by atoms with Crippen LogP contribution in [0.2, 0.25) is 0 Å². The van der Waals surface area contributed by atoms with E-state index in [1.165, 1.54) is 11.1 Å². The van der Waals surface area contributed by atoms with Crippen LogP contribution >= 0.6 is 0 Å². The van der Waals surface area contributed by atoms with Crippen LogP contribution in [0.5, 0.6) is 5.75 Å². The number of nitrogens with zero attached hydrogens (tertiary/aromatic N) is 2. The van der Waals surface area contributed by atoms with E-state index in [2.05, 4.69) is 57.7 Å². The Labute approximate surface area is 196 Å². The molecule has 1 atom stereocenters. The summed E-state index contributed by atoms with van der Waals surface area (Å²) in [6.45, 7) is 5.20. The van der Waals surface area contributed by atoms with Crippen LogP contribution in [-0.2, 0) is 17.8 Å². The van der Waals surface area contributed by atoms with Crippen LogP contribution in [0.4, 0.5) is 0 Å². The molecular formula is C28H33N3O2. The summed E-state index contributed by atoms with van der Waals surface area (Å²) in [5.41, 5.74) is 4.21. The Morgan fingerprint density at radius 3 is 2.67 bits per heavy atom. The molecule has 3 aromatic rings. The highest BCUT2D eigenvalue weighted by atomic mass is 16.5. The second-order valence-electron chi connectivity index (χ2n) is 8.88. The van der Waals surface area contributed by atoms with Crippen LogP contribution in [0.25, 0.3) is 11.1 Å². The number of piperidine rings is 1. The van der Waals surface area contributed by atoms with E-state index < -0.39 is 5.41 Å². The molecule has 1 fully saturated rings. The quantitative estimate of drug-likeness (QED) is 0.547. The van der Waals surface area contributed by atoms with Gasteiger partial charge in [-0.3, -0.25) is 14.7 Å². The fourth-order valence-corrected chi connectivity index (χ4v) is 4.95. The number of methoxy groups -OCH3 is 1. The lowest BCUT2D eigenvalue weighted by Crippen LogP contribution is -2.53. The molecule has 33 heavy (non-hydrogen) atoms. The molecule has 0 spiro atoms. The minimum atomic E-state index is -0.459. The first-order valence-electron chi connectivity index (χ1n) is 11.8. The Bertz CT molecular complexity index is 1050. The Hall–Kier alpha value is -3.18. The van der Waals surface area contributed by atoms with E-state index in [9.17, 15) is 4.79 Å². The van der Waals surface area contributed by atoms with Gasteiger partial charge in [-0.1, -0.05) is 42.5 Å². The van der Waals surface area contributed by atoms with E-state index in [0.717, 1.165) is 49.4 Å². The highest BCUT2D eigenvalue weighted by Gasteiger charge is 2.42. The highest BCUT2D eigenvalue weighted by molar-refractivity contribution is 5.84. The fraction of sp³-hybridized carbons (Fsp3) is 0.357. The van der Waals surface area contributed by atoms with Crippen molar-refractivity contribution in [3.05, 3.63) is 84.2 Å². The van der Waals surface area contributed by atoms with Gasteiger partial charge in [-0.05, 0) is 67.6 Å². The summed E-state index contributed by atoms with van der Waals surface area (Å²) >= 11 is 0. The minimum Gasteiger partial charge on any atom is -0.497 e. The Morgan fingerprint density at radius 1 is 1.12 bits per heavy atom. The van der Waals surface area contributed by atoms with Gasteiger partial charge in [0.1, 0.15) is 5.75 Å². The molecule has 1 aromatic heterocycles. The molecule has 5 heteroatoms. The van der Waals surface area contributed by atoms with Gasteiger partial charge in [0, 0.05) is 37.6 Å². The normalized spacial score (nSPS) is 18.6. The zero-order valence-electron chi connectivity index (χ0n) is 19.6. The van der Waals surface area contributed by atoms with E-state index in [-0.39, 0.29) is 5.91 Å². The number of amides is 1. The summed E-state index contributed by atoms with van der Waals surface area (Å²) in [7, 11) is 1.68. The van der Waals surface area contributed by atoms with Crippen molar-refractivity contribution in [3.8, 4) is 16.9 Å². The number of aromatic nitrogens is 1. The number of hydrogen-bond donors (Lipinski definition) is 1. The first-order valence-corrected chi connectivity index (χ1v) is 11.8. The molecule has 1 amide bonds. The van der Waals surface area contributed by atoms with Gasteiger partial charge in [-0.2, -0.15) is 0 Å². The molecule has 2 aromatic carbocycles. The lowest BCUT2D eigenvalue weighted by Gasteiger charge is -2.42. The predicted octanol–water partition coefficient (Wildman–Crippen LogP) is 4.72.